The van der Waals surface area contributed by atoms with Crippen molar-refractivity contribution in [3.63, 3.8) is 0 Å². The highest BCUT2D eigenvalue weighted by molar-refractivity contribution is 6.39. The van der Waals surface area contributed by atoms with E-state index in [1.165, 1.54) is 7.11 Å². The second-order valence-corrected chi connectivity index (χ2v) is 5.02. The predicted molar refractivity (Wildman–Crippen MR) is 72.6 cm³/mol. The van der Waals surface area contributed by atoms with Gasteiger partial charge in [-0.05, 0) is 19.4 Å². The van der Waals surface area contributed by atoms with Gasteiger partial charge < -0.3 is 10.1 Å². The normalized spacial score (nSPS) is 17.8. The molecule has 0 spiro atoms. The summed E-state index contributed by atoms with van der Waals surface area (Å²) in [6, 6.07) is 8.59. The lowest BCUT2D eigenvalue weighted by Gasteiger charge is -2.31. The number of hydrogen-bond donors (Lipinski definition) is 1. The number of carbonyl (C=O) groups is 3. The van der Waals surface area contributed by atoms with Gasteiger partial charge in [0.15, 0.2) is 5.78 Å². The Kier molecular flexibility index (Phi) is 3.44. The van der Waals surface area contributed by atoms with Crippen LogP contribution in [0.25, 0.3) is 5.57 Å². The molecule has 0 aliphatic carbocycles. The Balaban J connectivity index is 2.71. The van der Waals surface area contributed by atoms with Crippen LogP contribution in [0.3, 0.4) is 0 Å². The van der Waals surface area contributed by atoms with Crippen LogP contribution in [0.5, 0.6) is 0 Å². The van der Waals surface area contributed by atoms with Crippen molar-refractivity contribution in [2.75, 3.05) is 7.11 Å². The van der Waals surface area contributed by atoms with Gasteiger partial charge in [-0.2, -0.15) is 0 Å². The summed E-state index contributed by atoms with van der Waals surface area (Å²) in [7, 11) is 1.19. The van der Waals surface area contributed by atoms with Crippen LogP contribution < -0.4 is 5.32 Å². The SMILES string of the molecule is COC(=O)C1=C(c2ccccc2)C(=O)NC(C)(C)C1=O. The number of rotatable bonds is 2. The third kappa shape index (κ3) is 2.22. The summed E-state index contributed by atoms with van der Waals surface area (Å²) in [5.41, 5.74) is -0.762. The highest BCUT2D eigenvalue weighted by Crippen LogP contribution is 2.28. The highest BCUT2D eigenvalue weighted by atomic mass is 16.5. The molecule has 1 aliphatic heterocycles. The summed E-state index contributed by atoms with van der Waals surface area (Å²) in [6.07, 6.45) is 0. The van der Waals surface area contributed by atoms with Crippen LogP contribution in [-0.2, 0) is 19.1 Å². The first kappa shape index (κ1) is 14.0. The number of ketones is 1. The van der Waals surface area contributed by atoms with Gasteiger partial charge in [-0.25, -0.2) is 4.79 Å². The fourth-order valence-corrected chi connectivity index (χ4v) is 2.12. The minimum Gasteiger partial charge on any atom is -0.465 e. The van der Waals surface area contributed by atoms with Gasteiger partial charge >= 0.3 is 5.97 Å². The molecular weight excluding hydrogens is 258 g/mol. The van der Waals surface area contributed by atoms with E-state index in [1.54, 1.807) is 44.2 Å². The number of esters is 1. The molecule has 20 heavy (non-hydrogen) atoms. The van der Waals surface area contributed by atoms with E-state index in [2.05, 4.69) is 10.1 Å². The first-order chi connectivity index (χ1) is 9.38. The van der Waals surface area contributed by atoms with Crippen molar-refractivity contribution < 1.29 is 19.1 Å². The van der Waals surface area contributed by atoms with E-state index >= 15 is 0 Å². The molecule has 0 bridgehead atoms. The van der Waals surface area contributed by atoms with Gasteiger partial charge in [0.05, 0.1) is 18.2 Å². The van der Waals surface area contributed by atoms with Crippen LogP contribution in [0.1, 0.15) is 19.4 Å². The summed E-state index contributed by atoms with van der Waals surface area (Å²) >= 11 is 0. The lowest BCUT2D eigenvalue weighted by Crippen LogP contribution is -2.55. The van der Waals surface area contributed by atoms with E-state index in [0.29, 0.717) is 5.56 Å². The zero-order valence-corrected chi connectivity index (χ0v) is 11.5. The van der Waals surface area contributed by atoms with E-state index in [9.17, 15) is 14.4 Å². The largest absolute Gasteiger partial charge is 0.465 e. The zero-order chi connectivity index (χ0) is 14.9. The molecule has 104 valence electrons. The minimum atomic E-state index is -1.13. The van der Waals surface area contributed by atoms with Crippen LogP contribution in [0.2, 0.25) is 0 Å². The molecule has 0 radical (unpaired) electrons. The number of hydrogen-bond acceptors (Lipinski definition) is 4. The summed E-state index contributed by atoms with van der Waals surface area (Å²) < 4.78 is 4.66. The molecule has 1 amide bonds. The number of nitrogens with one attached hydrogen (secondary N) is 1. The molecule has 1 aromatic carbocycles. The highest BCUT2D eigenvalue weighted by Gasteiger charge is 2.43. The molecule has 2 rings (SSSR count). The van der Waals surface area contributed by atoms with Crippen LogP contribution in [0.15, 0.2) is 35.9 Å². The van der Waals surface area contributed by atoms with Gasteiger partial charge in [-0.3, -0.25) is 9.59 Å². The fraction of sp³-hybridized carbons (Fsp3) is 0.267. The fourth-order valence-electron chi connectivity index (χ4n) is 2.12. The van der Waals surface area contributed by atoms with E-state index in [-0.39, 0.29) is 11.1 Å². The van der Waals surface area contributed by atoms with Crippen LogP contribution in [-0.4, -0.2) is 30.3 Å². The van der Waals surface area contributed by atoms with Crippen molar-refractivity contribution in [1.82, 2.24) is 5.32 Å². The molecule has 0 aromatic heterocycles. The number of Topliss-reactive ketones (excluding diaryl/α,β-unsaturated/α-hetero) is 1. The standard InChI is InChI=1S/C15H15NO4/c1-15(2)12(17)11(14(19)20-3)10(13(18)16-15)9-7-5-4-6-8-9/h4-8H,1-3H3,(H,16,18). The molecule has 5 heteroatoms. The van der Waals surface area contributed by atoms with Gasteiger partial charge in [0.2, 0.25) is 0 Å². The number of amides is 1. The van der Waals surface area contributed by atoms with Gasteiger partial charge in [0.1, 0.15) is 5.57 Å². The summed E-state index contributed by atoms with van der Waals surface area (Å²) in [6.45, 7) is 3.11. The average molecular weight is 273 g/mol. The second-order valence-electron chi connectivity index (χ2n) is 5.02. The number of methoxy groups -OCH3 is 1. The molecule has 1 heterocycles. The van der Waals surface area contributed by atoms with E-state index in [4.69, 9.17) is 0 Å². The molecule has 0 atom stereocenters. The molecule has 1 aliphatic rings. The molecule has 0 saturated heterocycles. The Labute approximate surface area is 116 Å². The van der Waals surface area contributed by atoms with Crippen molar-refractivity contribution in [3.05, 3.63) is 41.5 Å². The number of carbonyl (C=O) groups excluding carboxylic acids is 3. The van der Waals surface area contributed by atoms with Crippen molar-refractivity contribution in [1.29, 1.82) is 0 Å². The zero-order valence-electron chi connectivity index (χ0n) is 11.5. The van der Waals surface area contributed by atoms with Crippen molar-refractivity contribution in [2.45, 2.75) is 19.4 Å². The Morgan fingerprint density at radius 2 is 1.75 bits per heavy atom. The Hall–Kier alpha value is -2.43. The lowest BCUT2D eigenvalue weighted by atomic mass is 9.83. The van der Waals surface area contributed by atoms with Crippen molar-refractivity contribution in [3.8, 4) is 0 Å². The molecule has 1 N–H and O–H groups in total. The third-order valence-electron chi connectivity index (χ3n) is 3.15. The first-order valence-corrected chi connectivity index (χ1v) is 6.14. The summed E-state index contributed by atoms with van der Waals surface area (Å²) in [5.74, 6) is -1.71. The van der Waals surface area contributed by atoms with Gasteiger partial charge in [-0.1, -0.05) is 30.3 Å². The number of ether oxygens (including phenoxy) is 1. The monoisotopic (exact) mass is 273 g/mol. The van der Waals surface area contributed by atoms with Crippen molar-refractivity contribution in [2.24, 2.45) is 0 Å². The van der Waals surface area contributed by atoms with Gasteiger partial charge in [0.25, 0.3) is 5.91 Å². The van der Waals surface area contributed by atoms with E-state index in [1.807, 2.05) is 0 Å². The Bertz CT molecular complexity index is 614. The van der Waals surface area contributed by atoms with Crippen LogP contribution in [0, 0.1) is 0 Å². The minimum absolute atomic E-state index is 0.0572. The Morgan fingerprint density at radius 3 is 2.30 bits per heavy atom. The molecule has 0 unspecified atom stereocenters. The molecule has 0 saturated carbocycles. The maximum absolute atomic E-state index is 12.4. The van der Waals surface area contributed by atoms with E-state index < -0.39 is 23.2 Å². The third-order valence-corrected chi connectivity index (χ3v) is 3.15. The second kappa shape index (κ2) is 4.92. The quantitative estimate of drug-likeness (QED) is 0.646. The summed E-state index contributed by atoms with van der Waals surface area (Å²) in [4.78, 5) is 36.6. The Morgan fingerprint density at radius 1 is 1.15 bits per heavy atom. The van der Waals surface area contributed by atoms with Crippen LogP contribution >= 0.6 is 0 Å². The molecule has 0 fully saturated rings. The van der Waals surface area contributed by atoms with E-state index in [0.717, 1.165) is 0 Å². The number of benzene rings is 1. The van der Waals surface area contributed by atoms with Crippen molar-refractivity contribution >= 4 is 23.2 Å². The predicted octanol–water partition coefficient (Wildman–Crippen LogP) is 1.09. The average Bonchev–Trinajstić information content (AvgIpc) is 2.42. The van der Waals surface area contributed by atoms with Gasteiger partial charge in [0, 0.05) is 0 Å². The molecule has 1 aromatic rings. The van der Waals surface area contributed by atoms with Gasteiger partial charge in [-0.15, -0.1) is 0 Å². The first-order valence-electron chi connectivity index (χ1n) is 6.14. The maximum Gasteiger partial charge on any atom is 0.342 e. The summed E-state index contributed by atoms with van der Waals surface area (Å²) in [5, 5.41) is 2.61. The molecule has 5 nitrogen and oxygen atoms in total. The smallest absolute Gasteiger partial charge is 0.342 e. The lowest BCUT2D eigenvalue weighted by molar-refractivity contribution is -0.140. The molecular formula is C15H15NO4. The maximum atomic E-state index is 12.4. The topological polar surface area (TPSA) is 72.5 Å². The van der Waals surface area contributed by atoms with Crippen LogP contribution in [0.4, 0.5) is 0 Å².